The molecule has 84 valence electrons. The molecule has 1 saturated heterocycles. The Kier molecular flexibility index (Phi) is 1.91. The summed E-state index contributed by atoms with van der Waals surface area (Å²) in [6.07, 6.45) is 0.862. The molecule has 0 spiro atoms. The molecule has 0 aromatic carbocycles. The van der Waals surface area contributed by atoms with Gasteiger partial charge in [-0.25, -0.2) is 4.98 Å². The van der Waals surface area contributed by atoms with E-state index in [0.29, 0.717) is 18.9 Å². The molecular weight excluding hydrogens is 214 g/mol. The number of rotatable bonds is 1. The fourth-order valence-electron chi connectivity index (χ4n) is 1.60. The summed E-state index contributed by atoms with van der Waals surface area (Å²) in [4.78, 5) is 21.8. The SMILES string of the molecule is Nc1nc2c(ncn2C2OCCO2)c(=O)[nH]1. The molecule has 8 heteroatoms. The Morgan fingerprint density at radius 3 is 3.00 bits per heavy atom. The van der Waals surface area contributed by atoms with Gasteiger partial charge in [0.15, 0.2) is 11.2 Å². The van der Waals surface area contributed by atoms with Crippen LogP contribution in [0.2, 0.25) is 0 Å². The smallest absolute Gasteiger partial charge is 0.280 e. The number of fused-ring (bicyclic) bond motifs is 1. The molecule has 3 heterocycles. The minimum Gasteiger partial charge on any atom is -0.369 e. The molecule has 8 nitrogen and oxygen atoms in total. The Labute approximate surface area is 89.0 Å². The molecular formula is C8H9N5O3. The summed E-state index contributed by atoms with van der Waals surface area (Å²) in [6.45, 7) is 1.01. The van der Waals surface area contributed by atoms with E-state index >= 15 is 0 Å². The molecule has 1 aliphatic rings. The molecule has 16 heavy (non-hydrogen) atoms. The van der Waals surface area contributed by atoms with Gasteiger partial charge in [0.2, 0.25) is 12.4 Å². The lowest BCUT2D eigenvalue weighted by atomic mass is 10.5. The van der Waals surface area contributed by atoms with Crippen molar-refractivity contribution in [2.75, 3.05) is 18.9 Å². The minimum absolute atomic E-state index is 0.0391. The molecule has 3 N–H and O–H groups in total. The van der Waals surface area contributed by atoms with Crippen molar-refractivity contribution in [3.63, 3.8) is 0 Å². The second-order valence-corrected chi connectivity index (χ2v) is 3.32. The van der Waals surface area contributed by atoms with Crippen LogP contribution < -0.4 is 11.3 Å². The third-order valence-corrected chi connectivity index (χ3v) is 2.28. The van der Waals surface area contributed by atoms with E-state index in [-0.39, 0.29) is 17.0 Å². The second kappa shape index (κ2) is 3.29. The van der Waals surface area contributed by atoms with Gasteiger partial charge in [-0.05, 0) is 0 Å². The van der Waals surface area contributed by atoms with Crippen LogP contribution in [0.15, 0.2) is 11.1 Å². The molecule has 1 aliphatic heterocycles. The zero-order chi connectivity index (χ0) is 11.1. The Bertz CT molecular complexity index is 583. The lowest BCUT2D eigenvalue weighted by molar-refractivity contribution is -0.0984. The number of nitrogens with one attached hydrogen (secondary N) is 1. The summed E-state index contributed by atoms with van der Waals surface area (Å²) >= 11 is 0. The largest absolute Gasteiger partial charge is 0.369 e. The minimum atomic E-state index is -0.585. The van der Waals surface area contributed by atoms with Gasteiger partial charge in [0, 0.05) is 0 Å². The highest BCUT2D eigenvalue weighted by Crippen LogP contribution is 2.19. The molecule has 1 fully saturated rings. The van der Waals surface area contributed by atoms with Gasteiger partial charge in [-0.2, -0.15) is 4.98 Å². The van der Waals surface area contributed by atoms with Gasteiger partial charge in [-0.1, -0.05) is 0 Å². The predicted molar refractivity (Wildman–Crippen MR) is 53.5 cm³/mol. The number of aromatic amines is 1. The van der Waals surface area contributed by atoms with E-state index in [1.807, 2.05) is 0 Å². The van der Waals surface area contributed by atoms with Crippen molar-refractivity contribution in [3.05, 3.63) is 16.7 Å². The number of aromatic nitrogens is 4. The van der Waals surface area contributed by atoms with Crippen LogP contribution >= 0.6 is 0 Å². The third kappa shape index (κ3) is 1.27. The first-order valence-corrected chi connectivity index (χ1v) is 4.71. The van der Waals surface area contributed by atoms with Crippen molar-refractivity contribution in [1.82, 2.24) is 19.5 Å². The average molecular weight is 223 g/mol. The van der Waals surface area contributed by atoms with Crippen LogP contribution in [0.1, 0.15) is 6.41 Å². The molecule has 0 radical (unpaired) electrons. The van der Waals surface area contributed by atoms with E-state index in [4.69, 9.17) is 15.2 Å². The van der Waals surface area contributed by atoms with E-state index in [1.165, 1.54) is 10.9 Å². The molecule has 0 saturated carbocycles. The Morgan fingerprint density at radius 2 is 2.25 bits per heavy atom. The summed E-state index contributed by atoms with van der Waals surface area (Å²) in [5.74, 6) is 0.0391. The third-order valence-electron chi connectivity index (χ3n) is 2.28. The number of ether oxygens (including phenoxy) is 2. The van der Waals surface area contributed by atoms with Crippen LogP contribution in [0, 0.1) is 0 Å². The molecule has 0 atom stereocenters. The van der Waals surface area contributed by atoms with Crippen LogP contribution in [-0.4, -0.2) is 32.7 Å². The quantitative estimate of drug-likeness (QED) is 0.655. The van der Waals surface area contributed by atoms with Crippen molar-refractivity contribution < 1.29 is 9.47 Å². The summed E-state index contributed by atoms with van der Waals surface area (Å²) in [5, 5.41) is 0. The molecule has 0 amide bonds. The number of anilines is 1. The monoisotopic (exact) mass is 223 g/mol. The zero-order valence-corrected chi connectivity index (χ0v) is 8.21. The van der Waals surface area contributed by atoms with Gasteiger partial charge in [0.1, 0.15) is 6.33 Å². The van der Waals surface area contributed by atoms with Crippen molar-refractivity contribution in [2.45, 2.75) is 6.41 Å². The zero-order valence-electron chi connectivity index (χ0n) is 8.21. The van der Waals surface area contributed by atoms with E-state index in [1.54, 1.807) is 0 Å². The first kappa shape index (κ1) is 9.31. The molecule has 0 bridgehead atoms. The van der Waals surface area contributed by atoms with Gasteiger partial charge in [0.05, 0.1) is 13.2 Å². The summed E-state index contributed by atoms with van der Waals surface area (Å²) in [7, 11) is 0. The van der Waals surface area contributed by atoms with Crippen molar-refractivity contribution >= 4 is 17.1 Å². The highest BCUT2D eigenvalue weighted by Gasteiger charge is 2.21. The number of nitrogens with two attached hydrogens (primary N) is 1. The van der Waals surface area contributed by atoms with Gasteiger partial charge in [0.25, 0.3) is 5.56 Å². The molecule has 0 aliphatic carbocycles. The van der Waals surface area contributed by atoms with Crippen molar-refractivity contribution in [2.24, 2.45) is 0 Å². The maximum absolute atomic E-state index is 11.5. The molecule has 2 aromatic heterocycles. The highest BCUT2D eigenvalue weighted by atomic mass is 16.7. The first-order chi connectivity index (χ1) is 7.75. The van der Waals surface area contributed by atoms with Crippen molar-refractivity contribution in [1.29, 1.82) is 0 Å². The lowest BCUT2D eigenvalue weighted by Gasteiger charge is -2.10. The van der Waals surface area contributed by atoms with Gasteiger partial charge < -0.3 is 15.2 Å². The van der Waals surface area contributed by atoms with Crippen LogP contribution in [0.25, 0.3) is 11.2 Å². The highest BCUT2D eigenvalue weighted by molar-refractivity contribution is 5.70. The maximum Gasteiger partial charge on any atom is 0.280 e. The predicted octanol–water partition coefficient (Wildman–Crippen LogP) is -0.795. The van der Waals surface area contributed by atoms with Gasteiger partial charge >= 0.3 is 0 Å². The number of hydrogen-bond acceptors (Lipinski definition) is 6. The maximum atomic E-state index is 11.5. The molecule has 3 rings (SSSR count). The molecule has 0 unspecified atom stereocenters. The van der Waals surface area contributed by atoms with E-state index in [2.05, 4.69) is 15.0 Å². The van der Waals surface area contributed by atoms with Crippen LogP contribution in [0.4, 0.5) is 5.95 Å². The Morgan fingerprint density at radius 1 is 1.50 bits per heavy atom. The molecule has 2 aromatic rings. The lowest BCUT2D eigenvalue weighted by Crippen LogP contribution is -2.14. The van der Waals surface area contributed by atoms with Crippen LogP contribution in [-0.2, 0) is 9.47 Å². The summed E-state index contributed by atoms with van der Waals surface area (Å²) < 4.78 is 12.1. The number of H-pyrrole nitrogens is 1. The summed E-state index contributed by atoms with van der Waals surface area (Å²) in [5.41, 5.74) is 5.66. The number of nitrogen functional groups attached to an aromatic ring is 1. The number of nitrogens with zero attached hydrogens (tertiary/aromatic N) is 3. The number of hydrogen-bond donors (Lipinski definition) is 2. The van der Waals surface area contributed by atoms with Crippen LogP contribution in [0.3, 0.4) is 0 Å². The number of imidazole rings is 1. The van der Waals surface area contributed by atoms with Gasteiger partial charge in [-0.15, -0.1) is 0 Å². The average Bonchev–Trinajstić information content (AvgIpc) is 2.83. The van der Waals surface area contributed by atoms with E-state index in [0.717, 1.165) is 0 Å². The standard InChI is InChI=1S/C8H9N5O3/c9-7-11-5-4(6(14)12-7)10-3-13(5)8-15-1-2-16-8/h3,8H,1-2H2,(H3,9,11,12,14). The van der Waals surface area contributed by atoms with E-state index in [9.17, 15) is 4.79 Å². The fourth-order valence-corrected chi connectivity index (χ4v) is 1.60. The van der Waals surface area contributed by atoms with Crippen molar-refractivity contribution in [3.8, 4) is 0 Å². The fraction of sp³-hybridized carbons (Fsp3) is 0.375. The van der Waals surface area contributed by atoms with Crippen LogP contribution in [0.5, 0.6) is 0 Å². The topological polar surface area (TPSA) is 108 Å². The first-order valence-electron chi connectivity index (χ1n) is 4.71. The van der Waals surface area contributed by atoms with E-state index < -0.39 is 6.41 Å². The Balaban J connectivity index is 2.22. The second-order valence-electron chi connectivity index (χ2n) is 3.32. The Hall–Kier alpha value is -1.93. The summed E-state index contributed by atoms with van der Waals surface area (Å²) in [6, 6.07) is 0. The normalized spacial score (nSPS) is 17.2. The van der Waals surface area contributed by atoms with Gasteiger partial charge in [-0.3, -0.25) is 14.3 Å².